The molecule has 3 heteroatoms. The van der Waals surface area contributed by atoms with Crippen molar-refractivity contribution in [3.05, 3.63) is 18.2 Å². The van der Waals surface area contributed by atoms with Gasteiger partial charge in [-0.15, -0.1) is 0 Å². The Morgan fingerprint density at radius 1 is 1.29 bits per heavy atom. The lowest BCUT2D eigenvalue weighted by atomic mass is 10.2. The lowest BCUT2D eigenvalue weighted by Gasteiger charge is -2.23. The second kappa shape index (κ2) is 4.74. The second-order valence-electron chi connectivity index (χ2n) is 3.10. The largest absolute Gasteiger partial charge is 0.495 e. The maximum Gasteiger partial charge on any atom is 0.142 e. The summed E-state index contributed by atoms with van der Waals surface area (Å²) in [7, 11) is 1.68. The van der Waals surface area contributed by atoms with Crippen LogP contribution in [-0.2, 0) is 0 Å². The first-order chi connectivity index (χ1) is 6.72. The predicted octanol–water partition coefficient (Wildman–Crippen LogP) is 2.12. The molecular weight excluding hydrogens is 176 g/mol. The standard InChI is InChI=1S/C11H18N2O/c1-4-13(5-2)10-8-9(12)6-7-11(10)14-3/h6-8H,4-5,12H2,1-3H3. The Morgan fingerprint density at radius 3 is 2.43 bits per heavy atom. The minimum absolute atomic E-state index is 0.771. The number of nitrogens with zero attached hydrogens (tertiary/aromatic N) is 1. The van der Waals surface area contributed by atoms with Crippen molar-refractivity contribution in [1.29, 1.82) is 0 Å². The summed E-state index contributed by atoms with van der Waals surface area (Å²) in [5.41, 5.74) is 7.59. The summed E-state index contributed by atoms with van der Waals surface area (Å²) in [4.78, 5) is 2.22. The zero-order chi connectivity index (χ0) is 10.6. The Hall–Kier alpha value is -1.38. The zero-order valence-corrected chi connectivity index (χ0v) is 9.08. The molecule has 0 radical (unpaired) electrons. The molecule has 0 heterocycles. The van der Waals surface area contributed by atoms with Crippen molar-refractivity contribution in [3.63, 3.8) is 0 Å². The molecule has 0 unspecified atom stereocenters. The van der Waals surface area contributed by atoms with E-state index in [4.69, 9.17) is 10.5 Å². The molecule has 0 fully saturated rings. The van der Waals surface area contributed by atoms with Gasteiger partial charge >= 0.3 is 0 Å². The highest BCUT2D eigenvalue weighted by atomic mass is 16.5. The van der Waals surface area contributed by atoms with E-state index < -0.39 is 0 Å². The summed E-state index contributed by atoms with van der Waals surface area (Å²) in [6.07, 6.45) is 0. The van der Waals surface area contributed by atoms with Crippen LogP contribution >= 0.6 is 0 Å². The minimum Gasteiger partial charge on any atom is -0.495 e. The first-order valence-electron chi connectivity index (χ1n) is 4.91. The van der Waals surface area contributed by atoms with E-state index in [0.717, 1.165) is 30.2 Å². The number of benzene rings is 1. The number of rotatable bonds is 4. The first kappa shape index (κ1) is 10.7. The van der Waals surface area contributed by atoms with Gasteiger partial charge in [-0.3, -0.25) is 0 Å². The van der Waals surface area contributed by atoms with E-state index in [0.29, 0.717) is 0 Å². The Balaban J connectivity index is 3.08. The van der Waals surface area contributed by atoms with Crippen molar-refractivity contribution in [2.45, 2.75) is 13.8 Å². The van der Waals surface area contributed by atoms with E-state index in [1.54, 1.807) is 7.11 Å². The van der Waals surface area contributed by atoms with Crippen LogP contribution in [0.25, 0.3) is 0 Å². The highest BCUT2D eigenvalue weighted by Gasteiger charge is 2.08. The average molecular weight is 194 g/mol. The summed E-state index contributed by atoms with van der Waals surface area (Å²) < 4.78 is 5.29. The number of ether oxygens (including phenoxy) is 1. The maximum atomic E-state index is 5.75. The number of hydrogen-bond acceptors (Lipinski definition) is 3. The van der Waals surface area contributed by atoms with Gasteiger partial charge in [0.1, 0.15) is 5.75 Å². The molecule has 0 saturated carbocycles. The highest BCUT2D eigenvalue weighted by Crippen LogP contribution is 2.29. The normalized spacial score (nSPS) is 9.93. The van der Waals surface area contributed by atoms with Crippen molar-refractivity contribution in [1.82, 2.24) is 0 Å². The van der Waals surface area contributed by atoms with Crippen LogP contribution in [-0.4, -0.2) is 20.2 Å². The molecule has 0 spiro atoms. The van der Waals surface area contributed by atoms with Crippen LogP contribution < -0.4 is 15.4 Å². The SMILES string of the molecule is CCN(CC)c1cc(N)ccc1OC. The fraction of sp³-hybridized carbons (Fsp3) is 0.455. The summed E-state index contributed by atoms with van der Waals surface area (Å²) in [6.45, 7) is 6.14. The third kappa shape index (κ3) is 2.10. The fourth-order valence-electron chi connectivity index (χ4n) is 1.52. The van der Waals surface area contributed by atoms with Crippen molar-refractivity contribution in [2.24, 2.45) is 0 Å². The van der Waals surface area contributed by atoms with E-state index in [-0.39, 0.29) is 0 Å². The average Bonchev–Trinajstić information content (AvgIpc) is 2.20. The summed E-state index contributed by atoms with van der Waals surface area (Å²) in [6, 6.07) is 5.71. The van der Waals surface area contributed by atoms with Crippen LogP contribution in [0.2, 0.25) is 0 Å². The monoisotopic (exact) mass is 194 g/mol. The van der Waals surface area contributed by atoms with Gasteiger partial charge in [0.05, 0.1) is 12.8 Å². The van der Waals surface area contributed by atoms with Crippen LogP contribution in [0.1, 0.15) is 13.8 Å². The lowest BCUT2D eigenvalue weighted by Crippen LogP contribution is -2.22. The van der Waals surface area contributed by atoms with Crippen LogP contribution in [0.3, 0.4) is 0 Å². The number of nitrogens with two attached hydrogens (primary N) is 1. The lowest BCUT2D eigenvalue weighted by molar-refractivity contribution is 0.414. The Kier molecular flexibility index (Phi) is 3.63. The van der Waals surface area contributed by atoms with E-state index in [1.807, 2.05) is 18.2 Å². The van der Waals surface area contributed by atoms with E-state index in [1.165, 1.54) is 0 Å². The molecule has 1 aromatic carbocycles. The number of methoxy groups -OCH3 is 1. The Labute approximate surface area is 85.5 Å². The Bertz CT molecular complexity index is 295. The highest BCUT2D eigenvalue weighted by molar-refractivity contribution is 5.64. The molecule has 0 aliphatic heterocycles. The Morgan fingerprint density at radius 2 is 1.93 bits per heavy atom. The molecule has 0 aliphatic carbocycles. The van der Waals surface area contributed by atoms with Crippen LogP contribution in [0.15, 0.2) is 18.2 Å². The van der Waals surface area contributed by atoms with Gasteiger partial charge in [0, 0.05) is 18.8 Å². The van der Waals surface area contributed by atoms with Crippen LogP contribution in [0.5, 0.6) is 5.75 Å². The van der Waals surface area contributed by atoms with Crippen LogP contribution in [0, 0.1) is 0 Å². The molecular formula is C11H18N2O. The van der Waals surface area contributed by atoms with Gasteiger partial charge in [0.2, 0.25) is 0 Å². The molecule has 0 atom stereocenters. The van der Waals surface area contributed by atoms with Crippen molar-refractivity contribution < 1.29 is 4.74 Å². The van der Waals surface area contributed by atoms with E-state index >= 15 is 0 Å². The van der Waals surface area contributed by atoms with Crippen molar-refractivity contribution >= 4 is 11.4 Å². The maximum absolute atomic E-state index is 5.75. The number of hydrogen-bond donors (Lipinski definition) is 1. The number of anilines is 2. The first-order valence-corrected chi connectivity index (χ1v) is 4.91. The molecule has 0 aliphatic rings. The molecule has 0 amide bonds. The molecule has 1 rings (SSSR count). The number of nitrogen functional groups attached to an aromatic ring is 1. The van der Waals surface area contributed by atoms with Gasteiger partial charge in [-0.2, -0.15) is 0 Å². The van der Waals surface area contributed by atoms with Crippen molar-refractivity contribution in [3.8, 4) is 5.75 Å². The zero-order valence-electron chi connectivity index (χ0n) is 9.08. The molecule has 2 N–H and O–H groups in total. The van der Waals surface area contributed by atoms with Gasteiger partial charge in [-0.1, -0.05) is 0 Å². The molecule has 3 nitrogen and oxygen atoms in total. The second-order valence-corrected chi connectivity index (χ2v) is 3.10. The van der Waals surface area contributed by atoms with Crippen LogP contribution in [0.4, 0.5) is 11.4 Å². The topological polar surface area (TPSA) is 38.5 Å². The van der Waals surface area contributed by atoms with Gasteiger partial charge in [-0.05, 0) is 32.0 Å². The molecule has 1 aromatic rings. The summed E-state index contributed by atoms with van der Waals surface area (Å²) in [5.74, 6) is 0.878. The van der Waals surface area contributed by atoms with Gasteiger partial charge in [0.15, 0.2) is 0 Å². The minimum atomic E-state index is 0.771. The van der Waals surface area contributed by atoms with Gasteiger partial charge in [-0.25, -0.2) is 0 Å². The predicted molar refractivity (Wildman–Crippen MR) is 61.0 cm³/mol. The molecule has 0 aromatic heterocycles. The smallest absolute Gasteiger partial charge is 0.142 e. The molecule has 0 saturated heterocycles. The molecule has 0 bridgehead atoms. The van der Waals surface area contributed by atoms with E-state index in [2.05, 4.69) is 18.7 Å². The molecule has 78 valence electrons. The van der Waals surface area contributed by atoms with Gasteiger partial charge in [0.25, 0.3) is 0 Å². The van der Waals surface area contributed by atoms with Crippen molar-refractivity contribution in [2.75, 3.05) is 30.8 Å². The van der Waals surface area contributed by atoms with Gasteiger partial charge < -0.3 is 15.4 Å². The quantitative estimate of drug-likeness (QED) is 0.746. The summed E-state index contributed by atoms with van der Waals surface area (Å²) in [5, 5.41) is 0. The third-order valence-electron chi connectivity index (χ3n) is 2.31. The van der Waals surface area contributed by atoms with E-state index in [9.17, 15) is 0 Å². The third-order valence-corrected chi connectivity index (χ3v) is 2.31. The summed E-state index contributed by atoms with van der Waals surface area (Å²) >= 11 is 0. The molecule has 14 heavy (non-hydrogen) atoms. The fourth-order valence-corrected chi connectivity index (χ4v) is 1.52.